The number of hydrogen-bond acceptors (Lipinski definition) is 3. The first kappa shape index (κ1) is 12.4. The number of aromatic nitrogens is 1. The largest absolute Gasteiger partial charge is 0.366 e. The molecule has 1 aromatic heterocycles. The van der Waals surface area contributed by atoms with Crippen molar-refractivity contribution >= 4 is 15.7 Å². The zero-order valence-corrected chi connectivity index (χ0v) is 10.8. The van der Waals surface area contributed by atoms with Crippen LogP contribution in [-0.2, 0) is 10.0 Å². The number of anilines is 1. The third kappa shape index (κ3) is 3.01. The molecule has 0 aromatic carbocycles. The summed E-state index contributed by atoms with van der Waals surface area (Å²) in [6.07, 6.45) is 6.61. The lowest BCUT2D eigenvalue weighted by Gasteiger charge is -2.26. The molecule has 5 nitrogen and oxygen atoms in total. The van der Waals surface area contributed by atoms with E-state index in [0.29, 0.717) is 5.69 Å². The third-order valence-corrected chi connectivity index (χ3v) is 5.06. The fourth-order valence-electron chi connectivity index (χ4n) is 2.10. The fourth-order valence-corrected chi connectivity index (χ4v) is 3.56. The number of nitrogens with zero attached hydrogens (tertiary/aromatic N) is 1. The second-order valence-corrected chi connectivity index (χ2v) is 6.51. The Morgan fingerprint density at radius 1 is 1.47 bits per heavy atom. The predicted octanol–water partition coefficient (Wildman–Crippen LogP) is 0.923. The van der Waals surface area contributed by atoms with Crippen LogP contribution in [0.15, 0.2) is 18.5 Å². The summed E-state index contributed by atoms with van der Waals surface area (Å²) in [7, 11) is -1.63. The van der Waals surface area contributed by atoms with Gasteiger partial charge in [0.05, 0.1) is 11.4 Å². The van der Waals surface area contributed by atoms with Gasteiger partial charge in [0.1, 0.15) is 0 Å². The minimum Gasteiger partial charge on any atom is -0.366 e. The summed E-state index contributed by atoms with van der Waals surface area (Å²) in [6.45, 7) is 0.925. The van der Waals surface area contributed by atoms with Gasteiger partial charge in [0.15, 0.2) is 0 Å². The molecule has 96 valence electrons. The van der Waals surface area contributed by atoms with Crippen LogP contribution >= 0.6 is 0 Å². The van der Waals surface area contributed by atoms with E-state index in [9.17, 15) is 8.42 Å². The molecule has 2 N–H and O–H groups in total. The fraction of sp³-hybridized carbons (Fsp3) is 0.636. The summed E-state index contributed by atoms with van der Waals surface area (Å²) in [5.41, 5.74) is 0.681. The number of H-pyrrole nitrogens is 1. The maximum absolute atomic E-state index is 12.2. The molecule has 0 bridgehead atoms. The van der Waals surface area contributed by atoms with Gasteiger partial charge in [-0.15, -0.1) is 0 Å². The highest BCUT2D eigenvalue weighted by Gasteiger charge is 2.25. The van der Waals surface area contributed by atoms with Crippen molar-refractivity contribution in [3.8, 4) is 0 Å². The molecule has 0 saturated carbocycles. The third-order valence-electron chi connectivity index (χ3n) is 3.19. The Labute approximate surface area is 102 Å². The van der Waals surface area contributed by atoms with Crippen molar-refractivity contribution in [3.63, 3.8) is 0 Å². The van der Waals surface area contributed by atoms with Crippen molar-refractivity contribution in [1.29, 1.82) is 0 Å². The Morgan fingerprint density at radius 3 is 2.88 bits per heavy atom. The first-order chi connectivity index (χ1) is 8.09. The molecule has 0 spiro atoms. The molecule has 2 rings (SSSR count). The zero-order chi connectivity index (χ0) is 12.3. The molecule has 0 amide bonds. The molecule has 17 heavy (non-hydrogen) atoms. The molecule has 1 aliphatic rings. The standard InChI is InChI=1S/C11H19N3O2S/c1-14(11-5-7-12-8-11)17(15,16)9-10-4-2-3-6-13-10/h5,7-8,10,12-13H,2-4,6,9H2,1H3. The van der Waals surface area contributed by atoms with Crippen LogP contribution in [0.3, 0.4) is 0 Å². The zero-order valence-electron chi connectivity index (χ0n) is 10.0. The Balaban J connectivity index is 2.03. The van der Waals surface area contributed by atoms with Gasteiger partial charge in [-0.1, -0.05) is 6.42 Å². The van der Waals surface area contributed by atoms with Crippen molar-refractivity contribution in [2.45, 2.75) is 25.3 Å². The molecule has 6 heteroatoms. The number of rotatable bonds is 4. The second kappa shape index (κ2) is 5.10. The van der Waals surface area contributed by atoms with Crippen LogP contribution in [0, 0.1) is 0 Å². The monoisotopic (exact) mass is 257 g/mol. The van der Waals surface area contributed by atoms with E-state index in [4.69, 9.17) is 0 Å². The van der Waals surface area contributed by atoms with Crippen LogP contribution < -0.4 is 9.62 Å². The average molecular weight is 257 g/mol. The van der Waals surface area contributed by atoms with E-state index in [0.717, 1.165) is 25.8 Å². The van der Waals surface area contributed by atoms with Crippen LogP contribution in [0.4, 0.5) is 5.69 Å². The highest BCUT2D eigenvalue weighted by atomic mass is 32.2. The molecule has 1 atom stereocenters. The van der Waals surface area contributed by atoms with E-state index in [1.54, 1.807) is 25.5 Å². The Kier molecular flexibility index (Phi) is 3.73. The number of hydrogen-bond donors (Lipinski definition) is 2. The first-order valence-corrected chi connectivity index (χ1v) is 7.53. The molecule has 1 fully saturated rings. The second-order valence-electron chi connectivity index (χ2n) is 4.46. The van der Waals surface area contributed by atoms with Crippen molar-refractivity contribution in [2.24, 2.45) is 0 Å². The van der Waals surface area contributed by atoms with Gasteiger partial charge in [-0.05, 0) is 25.5 Å². The molecule has 1 saturated heterocycles. The van der Waals surface area contributed by atoms with Crippen molar-refractivity contribution in [2.75, 3.05) is 23.7 Å². The van der Waals surface area contributed by atoms with Gasteiger partial charge in [0, 0.05) is 25.5 Å². The molecule has 2 heterocycles. The minimum absolute atomic E-state index is 0.0927. The van der Waals surface area contributed by atoms with Gasteiger partial charge in [-0.2, -0.15) is 0 Å². The molecule has 0 aliphatic carbocycles. The van der Waals surface area contributed by atoms with Crippen LogP contribution in [-0.4, -0.2) is 38.8 Å². The van der Waals surface area contributed by atoms with E-state index in [1.807, 2.05) is 0 Å². The summed E-state index contributed by atoms with van der Waals surface area (Å²) in [6, 6.07) is 1.85. The molecule has 1 unspecified atom stereocenters. The summed E-state index contributed by atoms with van der Waals surface area (Å²) >= 11 is 0. The quantitative estimate of drug-likeness (QED) is 0.843. The highest BCUT2D eigenvalue weighted by Crippen LogP contribution is 2.17. The normalized spacial score (nSPS) is 21.4. The minimum atomic E-state index is -3.23. The number of sulfonamides is 1. The Morgan fingerprint density at radius 2 is 2.29 bits per heavy atom. The van der Waals surface area contributed by atoms with Gasteiger partial charge in [-0.3, -0.25) is 4.31 Å². The predicted molar refractivity (Wildman–Crippen MR) is 68.6 cm³/mol. The summed E-state index contributed by atoms with van der Waals surface area (Å²) < 4.78 is 25.7. The topological polar surface area (TPSA) is 65.2 Å². The van der Waals surface area contributed by atoms with E-state index in [-0.39, 0.29) is 11.8 Å². The van der Waals surface area contributed by atoms with E-state index < -0.39 is 10.0 Å². The SMILES string of the molecule is CN(c1cc[nH]c1)S(=O)(=O)CC1CCCCN1. The van der Waals surface area contributed by atoms with Gasteiger partial charge in [0.25, 0.3) is 0 Å². The van der Waals surface area contributed by atoms with E-state index in [1.165, 1.54) is 4.31 Å². The maximum Gasteiger partial charge on any atom is 0.236 e. The number of nitrogens with one attached hydrogen (secondary N) is 2. The lowest BCUT2D eigenvalue weighted by atomic mass is 10.1. The van der Waals surface area contributed by atoms with Gasteiger partial charge in [0.2, 0.25) is 10.0 Å². The Bertz CT molecular complexity index is 435. The van der Waals surface area contributed by atoms with E-state index in [2.05, 4.69) is 10.3 Å². The maximum atomic E-state index is 12.2. The smallest absolute Gasteiger partial charge is 0.236 e. The number of piperidine rings is 1. The van der Waals surface area contributed by atoms with Gasteiger partial charge < -0.3 is 10.3 Å². The van der Waals surface area contributed by atoms with Crippen molar-refractivity contribution in [1.82, 2.24) is 10.3 Å². The molecular weight excluding hydrogens is 238 g/mol. The summed E-state index contributed by atoms with van der Waals surface area (Å²) in [4.78, 5) is 2.86. The van der Waals surface area contributed by atoms with Gasteiger partial charge in [-0.25, -0.2) is 8.42 Å². The summed E-state index contributed by atoms with van der Waals surface area (Å²) in [5.74, 6) is 0.175. The molecular formula is C11H19N3O2S. The van der Waals surface area contributed by atoms with Crippen molar-refractivity contribution < 1.29 is 8.42 Å². The van der Waals surface area contributed by atoms with E-state index >= 15 is 0 Å². The Hall–Kier alpha value is -1.01. The highest BCUT2D eigenvalue weighted by molar-refractivity contribution is 7.92. The molecule has 0 radical (unpaired) electrons. The summed E-state index contributed by atoms with van der Waals surface area (Å²) in [5, 5.41) is 3.26. The lowest BCUT2D eigenvalue weighted by Crippen LogP contribution is -2.43. The van der Waals surface area contributed by atoms with Crippen molar-refractivity contribution in [3.05, 3.63) is 18.5 Å². The molecule has 1 aromatic rings. The van der Waals surface area contributed by atoms with Gasteiger partial charge >= 0.3 is 0 Å². The van der Waals surface area contributed by atoms with Crippen LogP contribution in [0.25, 0.3) is 0 Å². The first-order valence-electron chi connectivity index (χ1n) is 5.92. The van der Waals surface area contributed by atoms with Crippen LogP contribution in [0.5, 0.6) is 0 Å². The number of aromatic amines is 1. The average Bonchev–Trinajstić information content (AvgIpc) is 2.82. The van der Waals surface area contributed by atoms with Crippen LogP contribution in [0.1, 0.15) is 19.3 Å². The molecule has 1 aliphatic heterocycles. The lowest BCUT2D eigenvalue weighted by molar-refractivity contribution is 0.423. The van der Waals surface area contributed by atoms with Crippen LogP contribution in [0.2, 0.25) is 0 Å².